The molecule has 8 heteroatoms. The lowest BCUT2D eigenvalue weighted by atomic mass is 10.1. The molecular weight excluding hydrogens is 288 g/mol. The number of ketones is 1. The molecule has 2 aromatic rings. The summed E-state index contributed by atoms with van der Waals surface area (Å²) in [6, 6.07) is 1.84. The Kier molecular flexibility index (Phi) is 3.92. The first-order valence-electron chi connectivity index (χ1n) is 6.80. The summed E-state index contributed by atoms with van der Waals surface area (Å²) in [6.45, 7) is 2.10. The predicted molar refractivity (Wildman–Crippen MR) is 77.2 cm³/mol. The van der Waals surface area contributed by atoms with E-state index in [2.05, 4.69) is 20.0 Å². The summed E-state index contributed by atoms with van der Waals surface area (Å²) >= 11 is 1.42. The third-order valence-electron chi connectivity index (χ3n) is 3.34. The van der Waals surface area contributed by atoms with Crippen molar-refractivity contribution >= 4 is 22.3 Å². The van der Waals surface area contributed by atoms with Crippen molar-refractivity contribution in [3.8, 4) is 6.07 Å². The van der Waals surface area contributed by atoms with Crippen LogP contribution in [-0.2, 0) is 6.54 Å². The third kappa shape index (κ3) is 3.08. The first-order valence-corrected chi connectivity index (χ1v) is 7.61. The summed E-state index contributed by atoms with van der Waals surface area (Å²) in [6.07, 6.45) is 6.64. The monoisotopic (exact) mass is 302 g/mol. The van der Waals surface area contributed by atoms with Crippen molar-refractivity contribution < 1.29 is 4.79 Å². The quantitative estimate of drug-likeness (QED) is 0.795. The molecule has 0 radical (unpaired) electrons. The minimum atomic E-state index is -0.0647. The summed E-state index contributed by atoms with van der Waals surface area (Å²) in [7, 11) is 0. The summed E-state index contributed by atoms with van der Waals surface area (Å²) in [4.78, 5) is 23.2. The zero-order valence-electron chi connectivity index (χ0n) is 11.4. The van der Waals surface area contributed by atoms with E-state index in [-0.39, 0.29) is 18.2 Å². The Morgan fingerprint density at radius 2 is 2.14 bits per heavy atom. The summed E-state index contributed by atoms with van der Waals surface area (Å²) in [5.41, 5.74) is 0. The minimum Gasteiger partial charge on any atom is -0.348 e. The van der Waals surface area contributed by atoms with E-state index in [1.807, 2.05) is 6.07 Å². The number of anilines is 1. The lowest BCUT2D eigenvalue weighted by molar-refractivity contribution is 0.0971. The largest absolute Gasteiger partial charge is 0.348 e. The van der Waals surface area contributed by atoms with Gasteiger partial charge in [-0.25, -0.2) is 14.6 Å². The number of rotatable bonds is 4. The number of nitriles is 1. The number of carbonyl (C=O) groups excluding carboxylic acids is 1. The van der Waals surface area contributed by atoms with Gasteiger partial charge in [0.25, 0.3) is 5.82 Å². The molecule has 1 aliphatic rings. The van der Waals surface area contributed by atoms with E-state index in [1.54, 1.807) is 6.20 Å². The lowest BCUT2D eigenvalue weighted by Crippen LogP contribution is -2.29. The van der Waals surface area contributed by atoms with Crippen molar-refractivity contribution in [2.75, 3.05) is 18.0 Å². The van der Waals surface area contributed by atoms with Crippen LogP contribution in [0.5, 0.6) is 0 Å². The van der Waals surface area contributed by atoms with Gasteiger partial charge in [-0.05, 0) is 19.3 Å². The highest BCUT2D eigenvalue weighted by molar-refractivity contribution is 7.17. The predicted octanol–water partition coefficient (Wildman–Crippen LogP) is 1.48. The maximum absolute atomic E-state index is 12.2. The second kappa shape index (κ2) is 6.01. The first-order chi connectivity index (χ1) is 10.3. The SMILES string of the molecule is N#Cc1ncn(CC(=O)c2cnc(N3CCCCC3)s2)n1. The van der Waals surface area contributed by atoms with E-state index in [1.165, 1.54) is 41.6 Å². The van der Waals surface area contributed by atoms with E-state index in [0.29, 0.717) is 4.88 Å². The Morgan fingerprint density at radius 1 is 1.33 bits per heavy atom. The van der Waals surface area contributed by atoms with E-state index in [9.17, 15) is 4.79 Å². The van der Waals surface area contributed by atoms with Crippen LogP contribution in [0.2, 0.25) is 0 Å². The molecule has 0 bridgehead atoms. The van der Waals surface area contributed by atoms with Crippen LogP contribution in [0.4, 0.5) is 5.13 Å². The molecule has 1 fully saturated rings. The fourth-order valence-corrected chi connectivity index (χ4v) is 3.17. The van der Waals surface area contributed by atoms with E-state index in [0.717, 1.165) is 18.2 Å². The van der Waals surface area contributed by atoms with Crippen LogP contribution in [-0.4, -0.2) is 38.6 Å². The van der Waals surface area contributed by atoms with Crippen molar-refractivity contribution in [2.24, 2.45) is 0 Å². The molecule has 3 heterocycles. The molecule has 21 heavy (non-hydrogen) atoms. The third-order valence-corrected chi connectivity index (χ3v) is 4.44. The molecule has 0 saturated carbocycles. The molecule has 108 valence electrons. The van der Waals surface area contributed by atoms with Crippen molar-refractivity contribution in [1.29, 1.82) is 5.26 Å². The fraction of sp³-hybridized carbons (Fsp3) is 0.462. The molecule has 0 unspecified atom stereocenters. The van der Waals surface area contributed by atoms with Gasteiger partial charge in [0, 0.05) is 13.1 Å². The second-order valence-corrected chi connectivity index (χ2v) is 5.86. The zero-order valence-corrected chi connectivity index (χ0v) is 12.2. The Hall–Kier alpha value is -2.27. The molecular formula is C13H14N6OS. The van der Waals surface area contributed by atoms with Gasteiger partial charge < -0.3 is 4.90 Å². The Labute approximate surface area is 125 Å². The number of hydrogen-bond acceptors (Lipinski definition) is 7. The average molecular weight is 302 g/mol. The molecule has 0 atom stereocenters. The zero-order chi connectivity index (χ0) is 14.7. The number of piperidine rings is 1. The van der Waals surface area contributed by atoms with Crippen LogP contribution < -0.4 is 4.90 Å². The van der Waals surface area contributed by atoms with E-state index in [4.69, 9.17) is 5.26 Å². The van der Waals surface area contributed by atoms with E-state index < -0.39 is 0 Å². The van der Waals surface area contributed by atoms with Gasteiger partial charge in [0.1, 0.15) is 18.9 Å². The molecule has 2 aromatic heterocycles. The minimum absolute atomic E-state index is 0.0647. The van der Waals surface area contributed by atoms with Crippen LogP contribution in [0.3, 0.4) is 0 Å². The Balaban J connectivity index is 1.67. The maximum atomic E-state index is 12.2. The fourth-order valence-electron chi connectivity index (χ4n) is 2.27. The van der Waals surface area contributed by atoms with Gasteiger partial charge in [0.15, 0.2) is 10.9 Å². The standard InChI is InChI=1S/C13H14N6OS/c14-6-12-16-9-19(17-12)8-10(20)11-7-15-13(21-11)18-4-2-1-3-5-18/h7,9H,1-5,8H2. The van der Waals surface area contributed by atoms with Crippen LogP contribution in [0.1, 0.15) is 34.8 Å². The smallest absolute Gasteiger partial charge is 0.252 e. The molecule has 0 N–H and O–H groups in total. The highest BCUT2D eigenvalue weighted by Crippen LogP contribution is 2.25. The average Bonchev–Trinajstić information content (AvgIpc) is 3.17. The van der Waals surface area contributed by atoms with Gasteiger partial charge in [0.2, 0.25) is 0 Å². The lowest BCUT2D eigenvalue weighted by Gasteiger charge is -2.25. The van der Waals surface area contributed by atoms with Crippen LogP contribution >= 0.6 is 11.3 Å². The van der Waals surface area contributed by atoms with Gasteiger partial charge in [-0.15, -0.1) is 5.10 Å². The van der Waals surface area contributed by atoms with Crippen molar-refractivity contribution in [1.82, 2.24) is 19.7 Å². The first kappa shape index (κ1) is 13.7. The summed E-state index contributed by atoms with van der Waals surface area (Å²) in [5.74, 6) is 0.00580. The number of carbonyl (C=O) groups is 1. The summed E-state index contributed by atoms with van der Waals surface area (Å²) in [5, 5.41) is 13.5. The maximum Gasteiger partial charge on any atom is 0.252 e. The number of nitrogens with zero attached hydrogens (tertiary/aromatic N) is 6. The normalized spacial score (nSPS) is 14.9. The number of hydrogen-bond donors (Lipinski definition) is 0. The summed E-state index contributed by atoms with van der Waals surface area (Å²) < 4.78 is 1.38. The Morgan fingerprint density at radius 3 is 2.86 bits per heavy atom. The van der Waals surface area contributed by atoms with Crippen molar-refractivity contribution in [2.45, 2.75) is 25.8 Å². The van der Waals surface area contributed by atoms with Gasteiger partial charge in [0.05, 0.1) is 11.1 Å². The highest BCUT2D eigenvalue weighted by atomic mass is 32.1. The molecule has 0 spiro atoms. The number of thiazole rings is 1. The van der Waals surface area contributed by atoms with Gasteiger partial charge in [-0.3, -0.25) is 4.79 Å². The van der Waals surface area contributed by atoms with Crippen molar-refractivity contribution in [3.05, 3.63) is 23.2 Å². The van der Waals surface area contributed by atoms with Gasteiger partial charge in [-0.2, -0.15) is 5.26 Å². The molecule has 0 aliphatic carbocycles. The molecule has 0 amide bonds. The van der Waals surface area contributed by atoms with Gasteiger partial charge in [-0.1, -0.05) is 11.3 Å². The second-order valence-electron chi connectivity index (χ2n) is 4.86. The van der Waals surface area contributed by atoms with Crippen molar-refractivity contribution in [3.63, 3.8) is 0 Å². The highest BCUT2D eigenvalue weighted by Gasteiger charge is 2.17. The molecule has 1 aliphatic heterocycles. The molecule has 7 nitrogen and oxygen atoms in total. The molecule has 1 saturated heterocycles. The van der Waals surface area contributed by atoms with Crippen LogP contribution in [0, 0.1) is 11.3 Å². The number of Topliss-reactive ketones (excluding diaryl/α,β-unsaturated/α-hetero) is 1. The van der Waals surface area contributed by atoms with E-state index >= 15 is 0 Å². The molecule has 0 aromatic carbocycles. The van der Waals surface area contributed by atoms with Crippen LogP contribution in [0.15, 0.2) is 12.5 Å². The topological polar surface area (TPSA) is 87.7 Å². The molecule has 3 rings (SSSR count). The van der Waals surface area contributed by atoms with Gasteiger partial charge >= 0.3 is 0 Å². The van der Waals surface area contributed by atoms with Crippen LogP contribution in [0.25, 0.3) is 0 Å². The Bertz CT molecular complexity index is 679. The number of aromatic nitrogens is 4.